The van der Waals surface area contributed by atoms with E-state index in [0.717, 1.165) is 0 Å². The van der Waals surface area contributed by atoms with Crippen LogP contribution < -0.4 is 0 Å². The van der Waals surface area contributed by atoms with Crippen molar-refractivity contribution in [3.8, 4) is 0 Å². The number of aliphatic imine (C=N–C) groups is 1. The summed E-state index contributed by atoms with van der Waals surface area (Å²) in [6, 6.07) is 0. The largest absolute Gasteiger partial charge is 0.286 e. The molecular weight excluding hydrogens is 128 g/mol. The van der Waals surface area contributed by atoms with Gasteiger partial charge in [-0.3, -0.25) is 4.99 Å². The molecule has 0 bridgehead atoms. The lowest BCUT2D eigenvalue weighted by molar-refractivity contribution is 1.35. The first-order chi connectivity index (χ1) is 4.79. The van der Waals surface area contributed by atoms with Gasteiger partial charge in [0.05, 0.1) is 5.71 Å². The Balaban J connectivity index is 4.58. The highest BCUT2D eigenvalue weighted by Crippen LogP contribution is 1.99. The molecule has 0 aliphatic heterocycles. The summed E-state index contributed by atoms with van der Waals surface area (Å²) in [4.78, 5) is 13.8. The number of nitroso groups, excluding NO2 is 1. The quantitative estimate of drug-likeness (QED) is 0.434. The van der Waals surface area contributed by atoms with Crippen molar-refractivity contribution in [3.05, 3.63) is 29.3 Å². The van der Waals surface area contributed by atoms with Crippen molar-refractivity contribution < 1.29 is 0 Å². The zero-order valence-corrected chi connectivity index (χ0v) is 6.16. The van der Waals surface area contributed by atoms with Gasteiger partial charge in [-0.05, 0) is 18.2 Å². The maximum atomic E-state index is 10.0. The topological polar surface area (TPSA) is 41.8 Å². The fourth-order valence-corrected chi connectivity index (χ4v) is 0.558. The monoisotopic (exact) mass is 138 g/mol. The molecule has 0 aromatic rings. The van der Waals surface area contributed by atoms with Gasteiger partial charge in [-0.15, -0.1) is 4.91 Å². The van der Waals surface area contributed by atoms with Gasteiger partial charge in [0.15, 0.2) is 0 Å². The summed E-state index contributed by atoms with van der Waals surface area (Å²) in [5.41, 5.74) is 0.856. The molecule has 0 unspecified atom stereocenters. The average Bonchev–Trinajstić information content (AvgIpc) is 2.00. The zero-order chi connectivity index (χ0) is 7.98. The third-order valence-electron chi connectivity index (χ3n) is 1.07. The van der Waals surface area contributed by atoms with Crippen LogP contribution in [0.4, 0.5) is 0 Å². The Bertz CT molecular complexity index is 170. The van der Waals surface area contributed by atoms with Crippen LogP contribution in [0.15, 0.2) is 34.6 Å². The van der Waals surface area contributed by atoms with Crippen LogP contribution in [0.3, 0.4) is 0 Å². The Labute approximate surface area is 60.1 Å². The molecule has 0 amide bonds. The maximum Gasteiger partial charge on any atom is 0.128 e. The van der Waals surface area contributed by atoms with Gasteiger partial charge < -0.3 is 0 Å². The minimum Gasteiger partial charge on any atom is -0.286 e. The first kappa shape index (κ1) is 8.75. The molecule has 10 heavy (non-hydrogen) atoms. The molecule has 0 saturated carbocycles. The van der Waals surface area contributed by atoms with Crippen LogP contribution in [-0.4, -0.2) is 12.8 Å². The first-order valence-corrected chi connectivity index (χ1v) is 2.89. The van der Waals surface area contributed by atoms with Crippen LogP contribution in [0.2, 0.25) is 0 Å². The third-order valence-corrected chi connectivity index (χ3v) is 1.07. The van der Waals surface area contributed by atoms with Crippen molar-refractivity contribution in [1.29, 1.82) is 0 Å². The standard InChI is InChI=1S/C7H10N2O/c1-4-6(8-3)7(5-2)9-10/h4-5H,1H2,2-3H3/b7-5+,8-6?. The molecule has 0 fully saturated rings. The molecular formula is C7H10N2O. The van der Waals surface area contributed by atoms with E-state index in [4.69, 9.17) is 0 Å². The summed E-state index contributed by atoms with van der Waals surface area (Å²) < 4.78 is 0. The Morgan fingerprint density at radius 3 is 2.30 bits per heavy atom. The van der Waals surface area contributed by atoms with E-state index in [1.54, 1.807) is 20.0 Å². The predicted octanol–water partition coefficient (Wildman–Crippen LogP) is 1.91. The summed E-state index contributed by atoms with van der Waals surface area (Å²) in [5, 5.41) is 2.76. The minimum absolute atomic E-state index is 0.331. The van der Waals surface area contributed by atoms with Crippen LogP contribution in [0.1, 0.15) is 6.92 Å². The second-order valence-electron chi connectivity index (χ2n) is 1.58. The number of rotatable bonds is 3. The van der Waals surface area contributed by atoms with Gasteiger partial charge >= 0.3 is 0 Å². The first-order valence-electron chi connectivity index (χ1n) is 2.89. The van der Waals surface area contributed by atoms with E-state index in [1.807, 2.05) is 0 Å². The number of nitrogens with zero attached hydrogens (tertiary/aromatic N) is 2. The van der Waals surface area contributed by atoms with Gasteiger partial charge in [0.2, 0.25) is 0 Å². The Morgan fingerprint density at radius 2 is 2.20 bits per heavy atom. The van der Waals surface area contributed by atoms with Crippen LogP contribution in [0, 0.1) is 4.91 Å². The molecule has 0 aliphatic carbocycles. The van der Waals surface area contributed by atoms with E-state index < -0.39 is 0 Å². The van der Waals surface area contributed by atoms with Gasteiger partial charge in [0.1, 0.15) is 5.70 Å². The Morgan fingerprint density at radius 1 is 1.60 bits per heavy atom. The second-order valence-corrected chi connectivity index (χ2v) is 1.58. The average molecular weight is 138 g/mol. The molecule has 0 atom stereocenters. The van der Waals surface area contributed by atoms with Crippen LogP contribution in [0.5, 0.6) is 0 Å². The normalized spacial score (nSPS) is 13.0. The molecule has 0 N–H and O–H groups in total. The molecule has 0 aromatic carbocycles. The molecule has 54 valence electrons. The Hall–Kier alpha value is -1.25. The highest BCUT2D eigenvalue weighted by Gasteiger charge is 1.98. The number of hydrogen-bond donors (Lipinski definition) is 0. The maximum absolute atomic E-state index is 10.0. The van der Waals surface area contributed by atoms with E-state index in [2.05, 4.69) is 16.7 Å². The van der Waals surface area contributed by atoms with E-state index in [9.17, 15) is 4.91 Å². The van der Waals surface area contributed by atoms with Gasteiger partial charge in [-0.2, -0.15) is 0 Å². The molecule has 3 heteroatoms. The molecule has 0 spiro atoms. The number of allylic oxidation sites excluding steroid dienone is 2. The van der Waals surface area contributed by atoms with Crippen molar-refractivity contribution in [2.24, 2.45) is 10.2 Å². The summed E-state index contributed by atoms with van der Waals surface area (Å²) in [5.74, 6) is 0. The van der Waals surface area contributed by atoms with E-state index in [-0.39, 0.29) is 0 Å². The van der Waals surface area contributed by atoms with Crippen molar-refractivity contribution in [3.63, 3.8) is 0 Å². The van der Waals surface area contributed by atoms with E-state index in [0.29, 0.717) is 11.4 Å². The van der Waals surface area contributed by atoms with Crippen LogP contribution in [0.25, 0.3) is 0 Å². The lowest BCUT2D eigenvalue weighted by Crippen LogP contribution is -1.94. The van der Waals surface area contributed by atoms with Crippen molar-refractivity contribution in [1.82, 2.24) is 0 Å². The lowest BCUT2D eigenvalue weighted by atomic mass is 10.2. The molecule has 0 radical (unpaired) electrons. The molecule has 0 saturated heterocycles. The van der Waals surface area contributed by atoms with Crippen LogP contribution >= 0.6 is 0 Å². The molecule has 0 aromatic heterocycles. The summed E-state index contributed by atoms with van der Waals surface area (Å²) >= 11 is 0. The molecule has 0 rings (SSSR count). The molecule has 0 aliphatic rings. The van der Waals surface area contributed by atoms with Crippen molar-refractivity contribution in [2.45, 2.75) is 6.92 Å². The highest BCUT2D eigenvalue weighted by atomic mass is 16.3. The van der Waals surface area contributed by atoms with Gasteiger partial charge in [-0.1, -0.05) is 12.7 Å². The van der Waals surface area contributed by atoms with Gasteiger partial charge in [0, 0.05) is 7.05 Å². The fourth-order valence-electron chi connectivity index (χ4n) is 0.558. The Kier molecular flexibility index (Phi) is 4.04. The van der Waals surface area contributed by atoms with Gasteiger partial charge in [-0.25, -0.2) is 0 Å². The van der Waals surface area contributed by atoms with Crippen LogP contribution in [-0.2, 0) is 0 Å². The van der Waals surface area contributed by atoms with Gasteiger partial charge in [0.25, 0.3) is 0 Å². The second kappa shape index (κ2) is 4.61. The molecule has 0 heterocycles. The summed E-state index contributed by atoms with van der Waals surface area (Å²) in [6.07, 6.45) is 3.09. The number of hydrogen-bond acceptors (Lipinski definition) is 3. The SMILES string of the molecule is C=CC(=NC)/C(=C\C)N=O. The highest BCUT2D eigenvalue weighted by molar-refractivity contribution is 6.07. The lowest BCUT2D eigenvalue weighted by Gasteiger charge is -1.92. The molecule has 3 nitrogen and oxygen atoms in total. The summed E-state index contributed by atoms with van der Waals surface area (Å²) in [6.45, 7) is 5.21. The zero-order valence-electron chi connectivity index (χ0n) is 6.16. The van der Waals surface area contributed by atoms with Crippen molar-refractivity contribution >= 4 is 5.71 Å². The minimum atomic E-state index is 0.331. The fraction of sp³-hybridized carbons (Fsp3) is 0.286. The van der Waals surface area contributed by atoms with E-state index in [1.165, 1.54) is 6.08 Å². The smallest absolute Gasteiger partial charge is 0.128 e. The summed E-state index contributed by atoms with van der Waals surface area (Å²) in [7, 11) is 1.59. The third kappa shape index (κ3) is 1.93. The predicted molar refractivity (Wildman–Crippen MR) is 43.1 cm³/mol. The van der Waals surface area contributed by atoms with E-state index >= 15 is 0 Å². The van der Waals surface area contributed by atoms with Crippen molar-refractivity contribution in [2.75, 3.05) is 7.05 Å².